The Morgan fingerprint density at radius 3 is 1.50 bits per heavy atom. The standard InChI is InChI=1S/C27H22O7/c1-7-15(5)31-26-19(32-21(28)8-2)13-11-17-18-12-14-20(33-22(29)9-3)27(34-23(30)10-4)25(18)16(6)24(17)26/h7-14,16H,1-5H2,6H3. The Kier molecular flexibility index (Phi) is 6.97. The van der Waals surface area contributed by atoms with Gasteiger partial charge in [0.05, 0.1) is 0 Å². The summed E-state index contributed by atoms with van der Waals surface area (Å²) in [6.07, 6.45) is 4.44. The third-order valence-corrected chi connectivity index (χ3v) is 5.06. The van der Waals surface area contributed by atoms with Crippen LogP contribution in [0.15, 0.2) is 87.2 Å². The number of fused-ring (bicyclic) bond motifs is 3. The molecule has 1 aliphatic carbocycles. The van der Waals surface area contributed by atoms with Crippen LogP contribution in [0.2, 0.25) is 0 Å². The number of carbonyl (C=O) groups excluding carboxylic acids is 3. The molecule has 0 aliphatic heterocycles. The maximum Gasteiger partial charge on any atom is 0.335 e. The Morgan fingerprint density at radius 1 is 0.676 bits per heavy atom. The molecule has 0 heterocycles. The summed E-state index contributed by atoms with van der Waals surface area (Å²) in [7, 11) is 0. The molecular weight excluding hydrogens is 436 g/mol. The molecule has 1 aliphatic rings. The van der Waals surface area contributed by atoms with Gasteiger partial charge in [-0.25, -0.2) is 14.4 Å². The van der Waals surface area contributed by atoms with E-state index < -0.39 is 23.8 Å². The molecule has 0 bridgehead atoms. The smallest absolute Gasteiger partial charge is 0.335 e. The molecule has 3 rings (SSSR count). The normalized spacial score (nSPS) is 12.9. The third kappa shape index (κ3) is 4.45. The van der Waals surface area contributed by atoms with Crippen LogP contribution in [0.1, 0.15) is 24.0 Å². The first-order valence-corrected chi connectivity index (χ1v) is 10.1. The lowest BCUT2D eigenvalue weighted by molar-refractivity contribution is -0.131. The van der Waals surface area contributed by atoms with Gasteiger partial charge in [-0.2, -0.15) is 0 Å². The lowest BCUT2D eigenvalue weighted by atomic mass is 9.97. The number of carbonyl (C=O) groups is 3. The highest BCUT2D eigenvalue weighted by Gasteiger charge is 2.36. The van der Waals surface area contributed by atoms with Crippen molar-refractivity contribution < 1.29 is 33.3 Å². The number of benzene rings is 2. The Bertz CT molecular complexity index is 1170. The first-order valence-electron chi connectivity index (χ1n) is 10.1. The second-order valence-corrected chi connectivity index (χ2v) is 7.08. The Balaban J connectivity index is 2.26. The number of ether oxygens (including phenoxy) is 4. The van der Waals surface area contributed by atoms with Gasteiger partial charge in [0, 0.05) is 35.3 Å². The van der Waals surface area contributed by atoms with E-state index >= 15 is 0 Å². The third-order valence-electron chi connectivity index (χ3n) is 5.06. The van der Waals surface area contributed by atoms with Gasteiger partial charge >= 0.3 is 17.9 Å². The highest BCUT2D eigenvalue weighted by atomic mass is 16.6. The van der Waals surface area contributed by atoms with Crippen molar-refractivity contribution in [1.82, 2.24) is 0 Å². The van der Waals surface area contributed by atoms with E-state index in [2.05, 4.69) is 32.9 Å². The van der Waals surface area contributed by atoms with Crippen LogP contribution in [0.4, 0.5) is 0 Å². The van der Waals surface area contributed by atoms with Crippen molar-refractivity contribution in [2.45, 2.75) is 12.8 Å². The second kappa shape index (κ2) is 9.87. The lowest BCUT2D eigenvalue weighted by Crippen LogP contribution is -2.11. The molecule has 0 aromatic heterocycles. The highest BCUT2D eigenvalue weighted by Crippen LogP contribution is 2.56. The predicted octanol–water partition coefficient (Wildman–Crippen LogP) is 5.17. The summed E-state index contributed by atoms with van der Waals surface area (Å²) in [5.74, 6) is -1.85. The molecule has 7 nitrogen and oxygen atoms in total. The fraction of sp³-hybridized carbons (Fsp3) is 0.0741. The molecule has 172 valence electrons. The van der Waals surface area contributed by atoms with Crippen LogP contribution in [0, 0.1) is 0 Å². The summed E-state index contributed by atoms with van der Waals surface area (Å²) in [6.45, 7) is 19.5. The molecule has 1 atom stereocenters. The summed E-state index contributed by atoms with van der Waals surface area (Å²) in [5.41, 5.74) is 2.67. The van der Waals surface area contributed by atoms with Crippen LogP contribution in [0.3, 0.4) is 0 Å². The van der Waals surface area contributed by atoms with Crippen LogP contribution >= 0.6 is 0 Å². The van der Waals surface area contributed by atoms with Crippen molar-refractivity contribution in [2.75, 3.05) is 0 Å². The van der Waals surface area contributed by atoms with Gasteiger partial charge in [0.25, 0.3) is 0 Å². The summed E-state index contributed by atoms with van der Waals surface area (Å²) < 4.78 is 22.1. The molecular formula is C27H22O7. The topological polar surface area (TPSA) is 88.1 Å². The molecule has 0 saturated carbocycles. The van der Waals surface area contributed by atoms with Gasteiger partial charge in [-0.1, -0.05) is 52.0 Å². The van der Waals surface area contributed by atoms with Crippen molar-refractivity contribution in [3.05, 3.63) is 98.4 Å². The van der Waals surface area contributed by atoms with Crippen molar-refractivity contribution in [2.24, 2.45) is 0 Å². The zero-order valence-electron chi connectivity index (χ0n) is 18.6. The zero-order valence-corrected chi connectivity index (χ0v) is 18.6. The maximum absolute atomic E-state index is 12.1. The van der Waals surface area contributed by atoms with E-state index in [9.17, 15) is 14.4 Å². The van der Waals surface area contributed by atoms with Crippen LogP contribution in [-0.2, 0) is 14.4 Å². The van der Waals surface area contributed by atoms with Crippen LogP contribution in [0.5, 0.6) is 23.0 Å². The summed E-state index contributed by atoms with van der Waals surface area (Å²) in [5, 5.41) is 0. The largest absolute Gasteiger partial charge is 0.454 e. The highest BCUT2D eigenvalue weighted by molar-refractivity contribution is 5.91. The fourth-order valence-corrected chi connectivity index (χ4v) is 3.62. The van der Waals surface area contributed by atoms with Gasteiger partial charge in [-0.05, 0) is 29.3 Å². The summed E-state index contributed by atoms with van der Waals surface area (Å²) in [6, 6.07) is 6.58. The minimum absolute atomic E-state index is 0.0368. The molecule has 2 aromatic rings. The minimum Gasteiger partial charge on any atom is -0.454 e. The van der Waals surface area contributed by atoms with E-state index in [-0.39, 0.29) is 28.8 Å². The Morgan fingerprint density at radius 2 is 1.09 bits per heavy atom. The molecule has 0 saturated heterocycles. The number of allylic oxidation sites excluding steroid dienone is 1. The van der Waals surface area contributed by atoms with Crippen LogP contribution in [-0.4, -0.2) is 17.9 Å². The fourth-order valence-electron chi connectivity index (χ4n) is 3.62. The van der Waals surface area contributed by atoms with Gasteiger partial charge in [0.2, 0.25) is 0 Å². The van der Waals surface area contributed by atoms with Crippen molar-refractivity contribution in [3.8, 4) is 34.1 Å². The van der Waals surface area contributed by atoms with Crippen molar-refractivity contribution in [3.63, 3.8) is 0 Å². The van der Waals surface area contributed by atoms with E-state index in [0.29, 0.717) is 16.7 Å². The van der Waals surface area contributed by atoms with E-state index in [1.165, 1.54) is 12.1 Å². The van der Waals surface area contributed by atoms with Gasteiger partial charge in [-0.3, -0.25) is 0 Å². The average molecular weight is 458 g/mol. The van der Waals surface area contributed by atoms with Gasteiger partial charge in [0.15, 0.2) is 23.0 Å². The first kappa shape index (κ1) is 24.0. The zero-order chi connectivity index (χ0) is 25.0. The maximum atomic E-state index is 12.1. The quantitative estimate of drug-likeness (QED) is 0.168. The van der Waals surface area contributed by atoms with Crippen LogP contribution < -0.4 is 18.9 Å². The molecule has 0 amide bonds. The van der Waals surface area contributed by atoms with Gasteiger partial charge < -0.3 is 18.9 Å². The predicted molar refractivity (Wildman–Crippen MR) is 127 cm³/mol. The van der Waals surface area contributed by atoms with Crippen molar-refractivity contribution in [1.29, 1.82) is 0 Å². The lowest BCUT2D eigenvalue weighted by Gasteiger charge is -2.18. The number of rotatable bonds is 9. The summed E-state index contributed by atoms with van der Waals surface area (Å²) in [4.78, 5) is 35.9. The average Bonchev–Trinajstić information content (AvgIpc) is 3.13. The van der Waals surface area contributed by atoms with Crippen molar-refractivity contribution >= 4 is 17.9 Å². The van der Waals surface area contributed by atoms with Crippen LogP contribution in [0.25, 0.3) is 11.1 Å². The van der Waals surface area contributed by atoms with E-state index in [0.717, 1.165) is 23.8 Å². The molecule has 2 aromatic carbocycles. The summed E-state index contributed by atoms with van der Waals surface area (Å²) >= 11 is 0. The van der Waals surface area contributed by atoms with Gasteiger partial charge in [-0.15, -0.1) is 0 Å². The molecule has 0 spiro atoms. The molecule has 34 heavy (non-hydrogen) atoms. The van der Waals surface area contributed by atoms with Gasteiger partial charge in [0.1, 0.15) is 5.76 Å². The second-order valence-electron chi connectivity index (χ2n) is 7.08. The number of hydrogen-bond acceptors (Lipinski definition) is 7. The molecule has 7 heteroatoms. The Hall–Kier alpha value is -4.65. The molecule has 0 N–H and O–H groups in total. The van der Waals surface area contributed by atoms with E-state index in [1.807, 2.05) is 6.92 Å². The number of esters is 3. The monoisotopic (exact) mass is 458 g/mol. The number of hydrogen-bond donors (Lipinski definition) is 0. The first-order chi connectivity index (χ1) is 16.2. The molecule has 0 radical (unpaired) electrons. The minimum atomic E-state index is -0.732. The van der Waals surface area contributed by atoms with E-state index in [1.54, 1.807) is 18.2 Å². The molecule has 0 fully saturated rings. The Labute approximate surface area is 196 Å². The molecule has 1 unspecified atom stereocenters. The van der Waals surface area contributed by atoms with E-state index in [4.69, 9.17) is 18.9 Å². The SMILES string of the molecule is C=CC(=C)Oc1c(OC(=O)C=C)ccc2c1C(C)c1c-2ccc(OC(=O)C=C)c1OC(=O)C=C.